The molecule has 0 amide bonds. The normalized spacial score (nSPS) is 11.6. The van der Waals surface area contributed by atoms with Gasteiger partial charge in [0.15, 0.2) is 29.1 Å². The molecule has 0 saturated carbocycles. The molecule has 0 saturated heterocycles. The number of aromatic nitrogens is 10. The summed E-state index contributed by atoms with van der Waals surface area (Å²) in [6.07, 6.45) is 1.58. The van der Waals surface area contributed by atoms with E-state index in [4.69, 9.17) is 30.1 Å². The van der Waals surface area contributed by atoms with Crippen LogP contribution in [0.3, 0.4) is 0 Å². The van der Waals surface area contributed by atoms with Gasteiger partial charge in [0.25, 0.3) is 0 Å². The minimum absolute atomic E-state index is 0.600. The van der Waals surface area contributed by atoms with Crippen molar-refractivity contribution in [1.29, 1.82) is 0 Å². The lowest BCUT2D eigenvalue weighted by Gasteiger charge is -2.12. The van der Waals surface area contributed by atoms with Crippen LogP contribution in [-0.4, -0.2) is 49.2 Å². The summed E-state index contributed by atoms with van der Waals surface area (Å²) in [5.74, 6) is 3.10. The van der Waals surface area contributed by atoms with E-state index in [0.29, 0.717) is 29.1 Å². The van der Waals surface area contributed by atoms with Gasteiger partial charge in [0.05, 0.1) is 22.1 Å². The molecular formula is C62H38N10S. The predicted molar refractivity (Wildman–Crippen MR) is 293 cm³/mol. The van der Waals surface area contributed by atoms with Crippen LogP contribution in [0, 0.1) is 0 Å². The molecule has 5 aromatic heterocycles. The maximum atomic E-state index is 5.05. The lowest BCUT2D eigenvalue weighted by atomic mass is 10.1. The molecule has 0 aliphatic rings. The average molecular weight is 955 g/mol. The zero-order valence-electron chi connectivity index (χ0n) is 38.8. The fourth-order valence-corrected chi connectivity index (χ4v) is 10.7. The number of hydrogen-bond acceptors (Lipinski definition) is 9. The molecule has 5 heterocycles. The summed E-state index contributed by atoms with van der Waals surface area (Å²) in [6.45, 7) is 0. The van der Waals surface area contributed by atoms with Gasteiger partial charge in [-0.1, -0.05) is 175 Å². The standard InChI is InChI=1S/C62H38N10S/c1-4-16-39(17-5-1)56-63-38-64-57(65-56)42-22-14-24-46(34-42)71-53-29-13-11-27-49(53)51-36-44(31-33-54(51)71)61-69-70-62(73-61)45-30-32-50-48-26-10-12-28-52(48)72(55(50)37-45)47-25-15-23-43(35-47)60-67-58(40-18-6-2-7-19-40)66-59(68-60)41-20-8-3-9-21-41/h1-38H. The molecule has 0 unspecified atom stereocenters. The van der Waals surface area contributed by atoms with Crippen LogP contribution in [0.4, 0.5) is 0 Å². The quantitative estimate of drug-likeness (QED) is 0.141. The monoisotopic (exact) mass is 954 g/mol. The Balaban J connectivity index is 0.828. The molecule has 0 bridgehead atoms. The van der Waals surface area contributed by atoms with Gasteiger partial charge < -0.3 is 9.13 Å². The highest BCUT2D eigenvalue weighted by Crippen LogP contribution is 2.40. The van der Waals surface area contributed by atoms with E-state index in [0.717, 1.165) is 104 Å². The topological polar surface area (TPSA) is 113 Å². The average Bonchev–Trinajstić information content (AvgIpc) is 4.19. The first kappa shape index (κ1) is 42.1. The molecule has 14 rings (SSSR count). The second kappa shape index (κ2) is 17.5. The van der Waals surface area contributed by atoms with Crippen molar-refractivity contribution in [2.45, 2.75) is 0 Å². The minimum atomic E-state index is 0.600. The minimum Gasteiger partial charge on any atom is -0.309 e. The van der Waals surface area contributed by atoms with E-state index < -0.39 is 0 Å². The molecule has 0 aliphatic carbocycles. The van der Waals surface area contributed by atoms with Crippen LogP contribution in [0.1, 0.15) is 0 Å². The van der Waals surface area contributed by atoms with Crippen LogP contribution in [0.25, 0.3) is 133 Å². The largest absolute Gasteiger partial charge is 0.309 e. The van der Waals surface area contributed by atoms with Crippen molar-refractivity contribution < 1.29 is 0 Å². The summed E-state index contributed by atoms with van der Waals surface area (Å²) in [4.78, 5) is 28.9. The molecule has 9 aromatic carbocycles. The Morgan fingerprint density at radius 2 is 0.685 bits per heavy atom. The lowest BCUT2D eigenvalue weighted by Crippen LogP contribution is -2.01. The molecule has 0 aliphatic heterocycles. The molecule has 0 spiro atoms. The maximum absolute atomic E-state index is 5.05. The molecule has 0 radical (unpaired) electrons. The van der Waals surface area contributed by atoms with Gasteiger partial charge in [-0.15, -0.1) is 10.2 Å². The van der Waals surface area contributed by atoms with Crippen LogP contribution >= 0.6 is 11.3 Å². The molecule has 0 atom stereocenters. The van der Waals surface area contributed by atoms with Gasteiger partial charge >= 0.3 is 0 Å². The SMILES string of the molecule is c1ccc(-c2ncnc(-c3cccc(-n4c5ccccc5c5cc(-c6nnc(-c7ccc8c9ccccc9n(-c9cccc(-c%10nc(-c%11ccccc%11)nc(-c%11ccccc%11)n%10)c9)c8c7)s6)ccc54)c3)n2)cc1. The molecule has 14 aromatic rings. The van der Waals surface area contributed by atoms with Crippen LogP contribution in [0.15, 0.2) is 231 Å². The van der Waals surface area contributed by atoms with Crippen molar-refractivity contribution >= 4 is 54.9 Å². The Morgan fingerprint density at radius 1 is 0.274 bits per heavy atom. The van der Waals surface area contributed by atoms with Crippen molar-refractivity contribution in [3.05, 3.63) is 231 Å². The predicted octanol–water partition coefficient (Wildman–Crippen LogP) is 14.8. The van der Waals surface area contributed by atoms with E-state index in [1.165, 1.54) is 0 Å². The van der Waals surface area contributed by atoms with Gasteiger partial charge in [-0.25, -0.2) is 29.9 Å². The Bertz CT molecular complexity index is 4340. The summed E-state index contributed by atoms with van der Waals surface area (Å²) >= 11 is 1.59. The Labute approximate surface area is 422 Å². The molecule has 0 fully saturated rings. The number of fused-ring (bicyclic) bond motifs is 6. The van der Waals surface area contributed by atoms with Gasteiger partial charge in [-0.05, 0) is 60.7 Å². The van der Waals surface area contributed by atoms with Gasteiger partial charge in [-0.3, -0.25) is 0 Å². The number of nitrogens with zero attached hydrogens (tertiary/aromatic N) is 10. The van der Waals surface area contributed by atoms with E-state index >= 15 is 0 Å². The summed E-state index contributed by atoms with van der Waals surface area (Å²) in [7, 11) is 0. The first-order valence-electron chi connectivity index (χ1n) is 23.9. The third-order valence-electron chi connectivity index (χ3n) is 13.3. The number of rotatable bonds is 9. The maximum Gasteiger partial charge on any atom is 0.164 e. The Kier molecular flexibility index (Phi) is 10.1. The van der Waals surface area contributed by atoms with Crippen LogP contribution in [0.2, 0.25) is 0 Å². The zero-order chi connectivity index (χ0) is 48.2. The van der Waals surface area contributed by atoms with Crippen LogP contribution < -0.4 is 0 Å². The van der Waals surface area contributed by atoms with E-state index in [2.05, 4.69) is 146 Å². The van der Waals surface area contributed by atoms with Crippen LogP contribution in [0.5, 0.6) is 0 Å². The molecule has 342 valence electrons. The van der Waals surface area contributed by atoms with Gasteiger partial charge in [0.2, 0.25) is 0 Å². The van der Waals surface area contributed by atoms with Crippen molar-refractivity contribution in [1.82, 2.24) is 49.2 Å². The Morgan fingerprint density at radius 3 is 1.29 bits per heavy atom. The lowest BCUT2D eigenvalue weighted by molar-refractivity contribution is 1.06. The molecular weight excluding hydrogens is 917 g/mol. The van der Waals surface area contributed by atoms with Crippen molar-refractivity contribution in [2.75, 3.05) is 0 Å². The van der Waals surface area contributed by atoms with Crippen molar-refractivity contribution in [3.8, 4) is 89.5 Å². The highest BCUT2D eigenvalue weighted by molar-refractivity contribution is 7.17. The smallest absolute Gasteiger partial charge is 0.164 e. The van der Waals surface area contributed by atoms with Gasteiger partial charge in [-0.2, -0.15) is 0 Å². The van der Waals surface area contributed by atoms with E-state index in [9.17, 15) is 0 Å². The Hall–Kier alpha value is -9.84. The summed E-state index contributed by atoms with van der Waals surface area (Å²) in [6, 6.07) is 77.2. The number of hydrogen-bond donors (Lipinski definition) is 0. The molecule has 11 heteroatoms. The van der Waals surface area contributed by atoms with Crippen LogP contribution in [-0.2, 0) is 0 Å². The highest BCUT2D eigenvalue weighted by atomic mass is 32.1. The zero-order valence-corrected chi connectivity index (χ0v) is 39.6. The first-order chi connectivity index (χ1) is 36.2. The fourth-order valence-electron chi connectivity index (χ4n) is 9.89. The highest BCUT2D eigenvalue weighted by Gasteiger charge is 2.20. The summed E-state index contributed by atoms with van der Waals surface area (Å²) < 4.78 is 4.63. The number of para-hydroxylation sites is 2. The fraction of sp³-hybridized carbons (Fsp3) is 0. The third-order valence-corrected chi connectivity index (χ3v) is 14.3. The van der Waals surface area contributed by atoms with E-state index in [1.807, 2.05) is 97.1 Å². The van der Waals surface area contributed by atoms with E-state index in [-0.39, 0.29) is 0 Å². The summed E-state index contributed by atoms with van der Waals surface area (Å²) in [5.41, 5.74) is 12.9. The third kappa shape index (κ3) is 7.50. The second-order valence-electron chi connectivity index (χ2n) is 17.7. The second-order valence-corrected chi connectivity index (χ2v) is 18.7. The van der Waals surface area contributed by atoms with E-state index in [1.54, 1.807) is 17.7 Å². The first-order valence-corrected chi connectivity index (χ1v) is 24.7. The van der Waals surface area contributed by atoms with Crippen molar-refractivity contribution in [3.63, 3.8) is 0 Å². The number of benzene rings is 9. The molecule has 73 heavy (non-hydrogen) atoms. The van der Waals surface area contributed by atoms with Gasteiger partial charge in [0, 0.05) is 71.9 Å². The van der Waals surface area contributed by atoms with Gasteiger partial charge in [0.1, 0.15) is 16.3 Å². The van der Waals surface area contributed by atoms with Crippen molar-refractivity contribution in [2.24, 2.45) is 0 Å². The summed E-state index contributed by atoms with van der Waals surface area (Å²) in [5, 5.41) is 15.9. The molecule has 10 nitrogen and oxygen atoms in total. The molecule has 0 N–H and O–H groups in total.